The number of benzene rings is 1. The van der Waals surface area contributed by atoms with E-state index in [1.165, 1.54) is 17.4 Å². The molecule has 0 saturated carbocycles. The van der Waals surface area contributed by atoms with Crippen LogP contribution in [0.3, 0.4) is 0 Å². The number of furan rings is 1. The van der Waals surface area contributed by atoms with Crippen molar-refractivity contribution in [1.82, 2.24) is 20.1 Å². The molecule has 1 N–H and O–H groups in total. The normalized spacial score (nSPS) is 14.2. The van der Waals surface area contributed by atoms with Crippen molar-refractivity contribution < 1.29 is 9.21 Å². The zero-order valence-electron chi connectivity index (χ0n) is 15.7. The number of nitrogens with one attached hydrogen (secondary N) is 1. The van der Waals surface area contributed by atoms with Crippen LogP contribution in [0.2, 0.25) is 0 Å². The lowest BCUT2D eigenvalue weighted by Gasteiger charge is -2.34. The number of carbonyl (C=O) groups excluding carboxylic acids is 1. The smallest absolute Gasteiger partial charge is 0.289 e. The standard InChI is InChI=1S/C20H22N6O2/c1-15-4-6-16(7-5-15)13-21-18-14-22-24-20(23-18)26-10-8-25(9-11-26)19(27)17-3-2-12-28-17/h2-7,12,14H,8-11,13H2,1H3,(H,21,23,24). The molecule has 1 aliphatic rings. The van der Waals surface area contributed by atoms with Gasteiger partial charge < -0.3 is 19.5 Å². The first-order valence-corrected chi connectivity index (χ1v) is 9.26. The number of nitrogens with zero attached hydrogens (tertiary/aromatic N) is 5. The Balaban J connectivity index is 1.34. The first kappa shape index (κ1) is 18.0. The lowest BCUT2D eigenvalue weighted by atomic mass is 10.1. The van der Waals surface area contributed by atoms with E-state index >= 15 is 0 Å². The van der Waals surface area contributed by atoms with E-state index in [9.17, 15) is 4.79 Å². The second-order valence-corrected chi connectivity index (χ2v) is 6.74. The van der Waals surface area contributed by atoms with Gasteiger partial charge >= 0.3 is 0 Å². The number of piperazine rings is 1. The summed E-state index contributed by atoms with van der Waals surface area (Å²) in [7, 11) is 0. The molecule has 0 radical (unpaired) electrons. The molecule has 0 atom stereocenters. The Bertz CT molecular complexity index is 918. The highest BCUT2D eigenvalue weighted by Crippen LogP contribution is 2.15. The van der Waals surface area contributed by atoms with Gasteiger partial charge in [0.25, 0.3) is 5.91 Å². The number of aryl methyl sites for hydroxylation is 1. The first-order chi connectivity index (χ1) is 13.7. The van der Waals surface area contributed by atoms with E-state index in [1.54, 1.807) is 23.2 Å². The van der Waals surface area contributed by atoms with Gasteiger partial charge in [0.05, 0.1) is 12.5 Å². The summed E-state index contributed by atoms with van der Waals surface area (Å²) in [5.74, 6) is 1.53. The van der Waals surface area contributed by atoms with Crippen LogP contribution in [0, 0.1) is 6.92 Å². The second-order valence-electron chi connectivity index (χ2n) is 6.74. The molecule has 0 unspecified atom stereocenters. The zero-order valence-corrected chi connectivity index (χ0v) is 15.7. The lowest BCUT2D eigenvalue weighted by molar-refractivity contribution is 0.0714. The van der Waals surface area contributed by atoms with E-state index < -0.39 is 0 Å². The van der Waals surface area contributed by atoms with Crippen LogP contribution in [0.4, 0.5) is 11.8 Å². The summed E-state index contributed by atoms with van der Waals surface area (Å²) in [5.41, 5.74) is 2.41. The van der Waals surface area contributed by atoms with Gasteiger partial charge in [0.1, 0.15) is 0 Å². The Kier molecular flexibility index (Phi) is 5.18. The van der Waals surface area contributed by atoms with Gasteiger partial charge in [-0.1, -0.05) is 29.8 Å². The summed E-state index contributed by atoms with van der Waals surface area (Å²) in [5, 5.41) is 11.5. The van der Waals surface area contributed by atoms with E-state index in [-0.39, 0.29) is 5.91 Å². The van der Waals surface area contributed by atoms with Crippen molar-refractivity contribution in [2.75, 3.05) is 36.4 Å². The second kappa shape index (κ2) is 8.08. The van der Waals surface area contributed by atoms with Crippen LogP contribution in [0.25, 0.3) is 0 Å². The molecular formula is C20H22N6O2. The molecule has 3 heterocycles. The third-order valence-electron chi connectivity index (χ3n) is 4.72. The number of carbonyl (C=O) groups is 1. The quantitative estimate of drug-likeness (QED) is 0.729. The van der Waals surface area contributed by atoms with Crippen molar-refractivity contribution in [3.8, 4) is 0 Å². The molecule has 1 fully saturated rings. The van der Waals surface area contributed by atoms with Crippen LogP contribution >= 0.6 is 0 Å². The molecule has 0 bridgehead atoms. The van der Waals surface area contributed by atoms with Gasteiger partial charge in [-0.25, -0.2) is 0 Å². The van der Waals surface area contributed by atoms with Crippen molar-refractivity contribution in [2.45, 2.75) is 13.5 Å². The topological polar surface area (TPSA) is 87.4 Å². The molecule has 28 heavy (non-hydrogen) atoms. The minimum Gasteiger partial charge on any atom is -0.459 e. The zero-order chi connectivity index (χ0) is 19.3. The number of anilines is 2. The molecule has 4 rings (SSSR count). The van der Waals surface area contributed by atoms with E-state index in [2.05, 4.69) is 51.7 Å². The van der Waals surface area contributed by atoms with Crippen LogP contribution in [-0.4, -0.2) is 52.2 Å². The van der Waals surface area contributed by atoms with Crippen molar-refractivity contribution in [1.29, 1.82) is 0 Å². The molecule has 1 aliphatic heterocycles. The fraction of sp³-hybridized carbons (Fsp3) is 0.300. The molecule has 0 aliphatic carbocycles. The summed E-state index contributed by atoms with van der Waals surface area (Å²) in [6, 6.07) is 11.8. The molecule has 8 nitrogen and oxygen atoms in total. The lowest BCUT2D eigenvalue weighted by Crippen LogP contribution is -2.49. The molecule has 1 aromatic carbocycles. The Morgan fingerprint density at radius 3 is 2.64 bits per heavy atom. The highest BCUT2D eigenvalue weighted by atomic mass is 16.3. The minimum atomic E-state index is -0.0859. The van der Waals surface area contributed by atoms with E-state index in [4.69, 9.17) is 4.42 Å². The molecule has 0 spiro atoms. The third-order valence-corrected chi connectivity index (χ3v) is 4.72. The Morgan fingerprint density at radius 2 is 1.93 bits per heavy atom. The Hall–Kier alpha value is -3.42. The summed E-state index contributed by atoms with van der Waals surface area (Å²) in [4.78, 5) is 20.7. The van der Waals surface area contributed by atoms with Crippen molar-refractivity contribution >= 4 is 17.7 Å². The third kappa shape index (κ3) is 4.11. The molecular weight excluding hydrogens is 356 g/mol. The molecule has 8 heteroatoms. The molecule has 3 aromatic rings. The van der Waals surface area contributed by atoms with Crippen LogP contribution in [-0.2, 0) is 6.54 Å². The average molecular weight is 378 g/mol. The summed E-state index contributed by atoms with van der Waals surface area (Å²) >= 11 is 0. The average Bonchev–Trinajstić information content (AvgIpc) is 3.28. The summed E-state index contributed by atoms with van der Waals surface area (Å²) in [6.07, 6.45) is 3.13. The predicted molar refractivity (Wildman–Crippen MR) is 105 cm³/mol. The van der Waals surface area contributed by atoms with E-state index in [0.29, 0.717) is 50.3 Å². The van der Waals surface area contributed by atoms with Crippen molar-refractivity contribution in [3.05, 3.63) is 65.7 Å². The number of aromatic nitrogens is 3. The van der Waals surface area contributed by atoms with E-state index in [0.717, 1.165) is 0 Å². The SMILES string of the molecule is Cc1ccc(CNc2cnnc(N3CCN(C(=O)c4ccco4)CC3)n2)cc1. The van der Waals surface area contributed by atoms with Crippen molar-refractivity contribution in [2.24, 2.45) is 0 Å². The predicted octanol–water partition coefficient (Wildman–Crippen LogP) is 2.35. The molecule has 144 valence electrons. The first-order valence-electron chi connectivity index (χ1n) is 9.26. The van der Waals surface area contributed by atoms with Crippen molar-refractivity contribution in [3.63, 3.8) is 0 Å². The maximum Gasteiger partial charge on any atom is 0.289 e. The monoisotopic (exact) mass is 378 g/mol. The van der Waals surface area contributed by atoms with Gasteiger partial charge in [-0.15, -0.1) is 5.10 Å². The van der Waals surface area contributed by atoms with Crippen LogP contribution in [0.5, 0.6) is 0 Å². The molecule has 2 aromatic heterocycles. The highest BCUT2D eigenvalue weighted by molar-refractivity contribution is 5.91. The Morgan fingerprint density at radius 1 is 1.14 bits per heavy atom. The van der Waals surface area contributed by atoms with Gasteiger partial charge in [-0.3, -0.25) is 4.79 Å². The highest BCUT2D eigenvalue weighted by Gasteiger charge is 2.25. The van der Waals surface area contributed by atoms with Gasteiger partial charge in [0, 0.05) is 32.7 Å². The largest absolute Gasteiger partial charge is 0.459 e. The number of rotatable bonds is 5. The Labute approximate surface area is 163 Å². The van der Waals surface area contributed by atoms with Crippen LogP contribution in [0.1, 0.15) is 21.7 Å². The summed E-state index contributed by atoms with van der Waals surface area (Å²) in [6.45, 7) is 5.21. The van der Waals surface area contributed by atoms with Gasteiger partial charge in [-0.05, 0) is 24.6 Å². The number of hydrogen-bond donors (Lipinski definition) is 1. The maximum atomic E-state index is 12.4. The number of hydrogen-bond acceptors (Lipinski definition) is 7. The van der Waals surface area contributed by atoms with E-state index in [1.807, 2.05) is 4.90 Å². The van der Waals surface area contributed by atoms with Crippen LogP contribution < -0.4 is 10.2 Å². The number of amides is 1. The van der Waals surface area contributed by atoms with Crippen LogP contribution in [0.15, 0.2) is 53.3 Å². The summed E-state index contributed by atoms with van der Waals surface area (Å²) < 4.78 is 5.20. The minimum absolute atomic E-state index is 0.0859. The maximum absolute atomic E-state index is 12.4. The molecule has 1 saturated heterocycles. The van der Waals surface area contributed by atoms with Gasteiger partial charge in [-0.2, -0.15) is 10.1 Å². The van der Waals surface area contributed by atoms with Gasteiger partial charge in [0.15, 0.2) is 11.6 Å². The fourth-order valence-electron chi connectivity index (χ4n) is 3.08. The van der Waals surface area contributed by atoms with Gasteiger partial charge in [0.2, 0.25) is 5.95 Å². The fourth-order valence-corrected chi connectivity index (χ4v) is 3.08. The molecule has 1 amide bonds.